The zero-order valence-electron chi connectivity index (χ0n) is 9.21. The molecule has 1 aromatic carbocycles. The molecule has 4 heteroatoms. The fourth-order valence-corrected chi connectivity index (χ4v) is 1.92. The van der Waals surface area contributed by atoms with Crippen molar-refractivity contribution < 1.29 is 0 Å². The van der Waals surface area contributed by atoms with Crippen LogP contribution in [0.15, 0.2) is 18.2 Å². The predicted octanol–water partition coefficient (Wildman–Crippen LogP) is 3.73. The minimum absolute atomic E-state index is 0.413. The molecule has 16 heavy (non-hydrogen) atoms. The highest BCUT2D eigenvalue weighted by Gasteiger charge is 2.09. The van der Waals surface area contributed by atoms with Gasteiger partial charge in [0.1, 0.15) is 0 Å². The monoisotopic (exact) mass is 256 g/mol. The molecule has 0 bridgehead atoms. The number of hydrogen-bond acceptors (Lipinski definition) is 2. The van der Waals surface area contributed by atoms with Gasteiger partial charge in [0.25, 0.3) is 0 Å². The van der Waals surface area contributed by atoms with Crippen molar-refractivity contribution in [3.8, 4) is 6.07 Å². The lowest BCUT2D eigenvalue weighted by Gasteiger charge is -2.19. The van der Waals surface area contributed by atoms with Crippen molar-refractivity contribution in [3.63, 3.8) is 0 Å². The highest BCUT2D eigenvalue weighted by atomic mass is 35.5. The third kappa shape index (κ3) is 3.68. The van der Waals surface area contributed by atoms with Gasteiger partial charge in [-0.3, -0.25) is 4.90 Å². The zero-order valence-corrected chi connectivity index (χ0v) is 10.7. The van der Waals surface area contributed by atoms with Crippen LogP contribution < -0.4 is 0 Å². The molecule has 86 valence electrons. The first-order valence-electron chi connectivity index (χ1n) is 5.21. The molecule has 0 unspecified atom stereocenters. The summed E-state index contributed by atoms with van der Waals surface area (Å²) in [6.45, 7) is 4.05. The molecule has 0 saturated carbocycles. The van der Waals surface area contributed by atoms with Crippen LogP contribution in [0, 0.1) is 11.3 Å². The average molecular weight is 257 g/mol. The SMILES string of the molecule is CCCN(CC#N)Cc1cccc(Cl)c1Cl. The molecule has 0 heterocycles. The van der Waals surface area contributed by atoms with Gasteiger partial charge in [-0.15, -0.1) is 0 Å². The molecule has 0 aliphatic rings. The molecule has 1 rings (SSSR count). The lowest BCUT2D eigenvalue weighted by atomic mass is 10.2. The summed E-state index contributed by atoms with van der Waals surface area (Å²) in [6, 6.07) is 7.74. The largest absolute Gasteiger partial charge is 0.286 e. The maximum Gasteiger partial charge on any atom is 0.0868 e. The van der Waals surface area contributed by atoms with E-state index in [-0.39, 0.29) is 0 Å². The van der Waals surface area contributed by atoms with Crippen LogP contribution in [0.4, 0.5) is 0 Å². The van der Waals surface area contributed by atoms with Crippen LogP contribution in [0.1, 0.15) is 18.9 Å². The minimum atomic E-state index is 0.413. The summed E-state index contributed by atoms with van der Waals surface area (Å²) < 4.78 is 0. The number of hydrogen-bond donors (Lipinski definition) is 0. The Bertz CT molecular complexity index is 385. The van der Waals surface area contributed by atoms with E-state index in [9.17, 15) is 0 Å². The Morgan fingerprint density at radius 1 is 1.38 bits per heavy atom. The molecule has 0 aliphatic carbocycles. The predicted molar refractivity (Wildman–Crippen MR) is 67.6 cm³/mol. The lowest BCUT2D eigenvalue weighted by molar-refractivity contribution is 0.298. The molecule has 0 spiro atoms. The average Bonchev–Trinajstić information content (AvgIpc) is 2.25. The van der Waals surface area contributed by atoms with Crippen molar-refractivity contribution >= 4 is 23.2 Å². The smallest absolute Gasteiger partial charge is 0.0868 e. The molecule has 2 nitrogen and oxygen atoms in total. The van der Waals surface area contributed by atoms with Gasteiger partial charge in [0.05, 0.1) is 22.7 Å². The van der Waals surface area contributed by atoms with E-state index in [1.54, 1.807) is 6.07 Å². The second kappa shape index (κ2) is 6.75. The van der Waals surface area contributed by atoms with Crippen molar-refractivity contribution in [2.24, 2.45) is 0 Å². The third-order valence-corrected chi connectivity index (χ3v) is 3.12. The Morgan fingerprint density at radius 2 is 2.12 bits per heavy atom. The van der Waals surface area contributed by atoms with Gasteiger partial charge in [-0.05, 0) is 24.6 Å². The molecule has 1 aromatic rings. The first-order valence-corrected chi connectivity index (χ1v) is 5.96. The van der Waals surface area contributed by atoms with Gasteiger partial charge < -0.3 is 0 Å². The van der Waals surface area contributed by atoms with Gasteiger partial charge in [0, 0.05) is 6.54 Å². The van der Waals surface area contributed by atoms with Gasteiger partial charge in [0.15, 0.2) is 0 Å². The Hall–Kier alpha value is -0.750. The maximum absolute atomic E-state index is 8.71. The van der Waals surface area contributed by atoms with Gasteiger partial charge in [-0.2, -0.15) is 5.26 Å². The summed E-state index contributed by atoms with van der Waals surface area (Å²) in [5.74, 6) is 0. The molecule has 0 amide bonds. The topological polar surface area (TPSA) is 27.0 Å². The van der Waals surface area contributed by atoms with Crippen molar-refractivity contribution in [1.82, 2.24) is 4.90 Å². The molecule has 0 aromatic heterocycles. The van der Waals surface area contributed by atoms with Crippen LogP contribution in [0.25, 0.3) is 0 Å². The molecule has 0 saturated heterocycles. The number of nitrogens with zero attached hydrogens (tertiary/aromatic N) is 2. The maximum atomic E-state index is 8.71. The lowest BCUT2D eigenvalue weighted by Crippen LogP contribution is -2.24. The quantitative estimate of drug-likeness (QED) is 0.751. The molecule has 0 fully saturated rings. The number of benzene rings is 1. The van der Waals surface area contributed by atoms with E-state index in [1.165, 1.54) is 0 Å². The van der Waals surface area contributed by atoms with E-state index < -0.39 is 0 Å². The molecule has 0 N–H and O–H groups in total. The van der Waals surface area contributed by atoms with Crippen molar-refractivity contribution in [1.29, 1.82) is 5.26 Å². The summed E-state index contributed by atoms with van der Waals surface area (Å²) >= 11 is 12.0. The highest BCUT2D eigenvalue weighted by Crippen LogP contribution is 2.26. The molecule has 0 aliphatic heterocycles. The highest BCUT2D eigenvalue weighted by molar-refractivity contribution is 6.42. The number of halogens is 2. The fraction of sp³-hybridized carbons (Fsp3) is 0.417. The first kappa shape index (κ1) is 13.3. The summed E-state index contributed by atoms with van der Waals surface area (Å²) in [5.41, 5.74) is 0.970. The van der Waals surface area contributed by atoms with E-state index in [1.807, 2.05) is 12.1 Å². The van der Waals surface area contributed by atoms with Crippen LogP contribution in [-0.4, -0.2) is 18.0 Å². The van der Waals surface area contributed by atoms with Crippen LogP contribution in [0.2, 0.25) is 10.0 Å². The summed E-state index contributed by atoms with van der Waals surface area (Å²) in [5, 5.41) is 9.86. The molecule has 0 radical (unpaired) electrons. The van der Waals surface area contributed by atoms with Crippen LogP contribution in [0.3, 0.4) is 0 Å². The molecular weight excluding hydrogens is 243 g/mol. The third-order valence-electron chi connectivity index (χ3n) is 2.26. The van der Waals surface area contributed by atoms with Crippen molar-refractivity contribution in [2.75, 3.05) is 13.1 Å². The number of rotatable bonds is 5. The second-order valence-electron chi connectivity index (χ2n) is 3.58. The summed E-state index contributed by atoms with van der Waals surface area (Å²) in [7, 11) is 0. The first-order chi connectivity index (χ1) is 7.69. The van der Waals surface area contributed by atoms with E-state index in [2.05, 4.69) is 17.9 Å². The fourth-order valence-electron chi connectivity index (χ4n) is 1.54. The summed E-state index contributed by atoms with van der Waals surface area (Å²) in [4.78, 5) is 2.05. The second-order valence-corrected chi connectivity index (χ2v) is 4.37. The van der Waals surface area contributed by atoms with Gasteiger partial charge in [-0.1, -0.05) is 42.3 Å². The van der Waals surface area contributed by atoms with Gasteiger partial charge in [-0.25, -0.2) is 0 Å². The van der Waals surface area contributed by atoms with E-state index >= 15 is 0 Å². The van der Waals surface area contributed by atoms with Gasteiger partial charge >= 0.3 is 0 Å². The van der Waals surface area contributed by atoms with E-state index in [4.69, 9.17) is 28.5 Å². The molecule has 0 atom stereocenters. The van der Waals surface area contributed by atoms with Crippen LogP contribution in [-0.2, 0) is 6.54 Å². The minimum Gasteiger partial charge on any atom is -0.286 e. The molecular formula is C12H14Cl2N2. The Morgan fingerprint density at radius 3 is 2.75 bits per heavy atom. The van der Waals surface area contributed by atoms with Crippen LogP contribution >= 0.6 is 23.2 Å². The normalized spacial score (nSPS) is 10.4. The van der Waals surface area contributed by atoms with Crippen molar-refractivity contribution in [3.05, 3.63) is 33.8 Å². The standard InChI is InChI=1S/C12H14Cl2N2/c1-2-7-16(8-6-15)9-10-4-3-5-11(13)12(10)14/h3-5H,2,7-9H2,1H3. The van der Waals surface area contributed by atoms with Gasteiger partial charge in [0.2, 0.25) is 0 Å². The van der Waals surface area contributed by atoms with Crippen molar-refractivity contribution in [2.45, 2.75) is 19.9 Å². The van der Waals surface area contributed by atoms with E-state index in [0.29, 0.717) is 23.1 Å². The zero-order chi connectivity index (χ0) is 12.0. The number of nitriles is 1. The Labute approximate surface area is 106 Å². The van der Waals surface area contributed by atoms with E-state index in [0.717, 1.165) is 18.5 Å². The summed E-state index contributed by atoms with van der Waals surface area (Å²) in [6.07, 6.45) is 1.01. The van der Waals surface area contributed by atoms with Crippen LogP contribution in [0.5, 0.6) is 0 Å². The Balaban J connectivity index is 2.77. The Kier molecular flexibility index (Phi) is 5.62.